The lowest BCUT2D eigenvalue weighted by molar-refractivity contribution is -0.133. The molecule has 8 nitrogen and oxygen atoms in total. The first-order valence-corrected chi connectivity index (χ1v) is 11.7. The van der Waals surface area contributed by atoms with Crippen LogP contribution in [0.25, 0.3) is 0 Å². The average Bonchev–Trinajstić information content (AvgIpc) is 2.87. The van der Waals surface area contributed by atoms with Crippen LogP contribution < -0.4 is 15.8 Å². The molecule has 1 aromatic heterocycles. The zero-order chi connectivity index (χ0) is 22.8. The summed E-state index contributed by atoms with van der Waals surface area (Å²) in [5, 5.41) is 0. The Morgan fingerprint density at radius 2 is 1.85 bits per heavy atom. The van der Waals surface area contributed by atoms with Crippen molar-refractivity contribution in [2.24, 2.45) is 11.8 Å². The molecular formula is C24H29FN6O2. The summed E-state index contributed by atoms with van der Waals surface area (Å²) in [5.74, 6) is 0.236. The number of amides is 2. The minimum Gasteiger partial charge on any atom is -0.337 e. The van der Waals surface area contributed by atoms with E-state index < -0.39 is 5.82 Å². The molecule has 174 valence electrons. The summed E-state index contributed by atoms with van der Waals surface area (Å²) in [5.41, 5.74) is 6.98. The van der Waals surface area contributed by atoms with E-state index in [-0.39, 0.29) is 35.3 Å². The van der Waals surface area contributed by atoms with Crippen molar-refractivity contribution >= 4 is 17.8 Å². The van der Waals surface area contributed by atoms with E-state index in [9.17, 15) is 14.0 Å². The molecule has 3 heterocycles. The lowest BCUT2D eigenvalue weighted by Crippen LogP contribution is -2.60. The maximum absolute atomic E-state index is 14.7. The first kappa shape index (κ1) is 21.8. The van der Waals surface area contributed by atoms with Crippen LogP contribution in [-0.2, 0) is 11.2 Å². The number of halogens is 1. The van der Waals surface area contributed by atoms with E-state index >= 15 is 0 Å². The van der Waals surface area contributed by atoms with Gasteiger partial charge in [-0.15, -0.1) is 0 Å². The molecule has 3 unspecified atom stereocenters. The Balaban J connectivity index is 1.26. The highest BCUT2D eigenvalue weighted by molar-refractivity contribution is 5.94. The summed E-state index contributed by atoms with van der Waals surface area (Å²) < 4.78 is 14.7. The number of aromatic nitrogens is 2. The number of rotatable bonds is 4. The number of piperazine rings is 1. The molecule has 2 aromatic rings. The SMILES string of the molecule is O=C1NNC(Cc2ccc(F)c(C(=O)N3CCN(c4ncccn4)CC3)c2)C2CCCCC12. The van der Waals surface area contributed by atoms with Crippen LogP contribution in [0.5, 0.6) is 0 Å². The number of anilines is 1. The van der Waals surface area contributed by atoms with Crippen molar-refractivity contribution in [2.45, 2.75) is 38.1 Å². The molecule has 2 saturated heterocycles. The predicted octanol–water partition coefficient (Wildman–Crippen LogP) is 1.93. The van der Waals surface area contributed by atoms with E-state index in [1.807, 2.05) is 4.90 Å². The number of nitrogens with zero attached hydrogens (tertiary/aromatic N) is 4. The second kappa shape index (κ2) is 9.43. The maximum atomic E-state index is 14.7. The Morgan fingerprint density at radius 1 is 1.09 bits per heavy atom. The molecule has 0 radical (unpaired) electrons. The van der Waals surface area contributed by atoms with E-state index in [2.05, 4.69) is 20.8 Å². The van der Waals surface area contributed by atoms with E-state index in [4.69, 9.17) is 0 Å². The van der Waals surface area contributed by atoms with Crippen molar-refractivity contribution in [3.8, 4) is 0 Å². The minimum absolute atomic E-state index is 0.0384. The molecule has 3 aliphatic rings. The first-order valence-electron chi connectivity index (χ1n) is 11.7. The van der Waals surface area contributed by atoms with Crippen molar-refractivity contribution in [2.75, 3.05) is 31.1 Å². The van der Waals surface area contributed by atoms with Crippen molar-refractivity contribution in [1.29, 1.82) is 0 Å². The molecule has 1 saturated carbocycles. The van der Waals surface area contributed by atoms with Gasteiger partial charge in [-0.05, 0) is 48.9 Å². The molecule has 3 atom stereocenters. The third-order valence-electron chi connectivity index (χ3n) is 7.17. The predicted molar refractivity (Wildman–Crippen MR) is 121 cm³/mol. The second-order valence-electron chi connectivity index (χ2n) is 9.14. The number of hydrogen-bond donors (Lipinski definition) is 2. The third kappa shape index (κ3) is 4.55. The van der Waals surface area contributed by atoms with Gasteiger partial charge in [0.25, 0.3) is 5.91 Å². The van der Waals surface area contributed by atoms with Gasteiger partial charge >= 0.3 is 0 Å². The molecule has 1 aromatic carbocycles. The Morgan fingerprint density at radius 3 is 2.64 bits per heavy atom. The van der Waals surface area contributed by atoms with E-state index in [0.717, 1.165) is 31.2 Å². The number of benzene rings is 1. The van der Waals surface area contributed by atoms with Gasteiger partial charge in [0.15, 0.2) is 0 Å². The highest BCUT2D eigenvalue weighted by Crippen LogP contribution is 2.35. The number of carbonyl (C=O) groups excluding carboxylic acids is 2. The van der Waals surface area contributed by atoms with E-state index in [0.29, 0.717) is 38.5 Å². The van der Waals surface area contributed by atoms with Gasteiger partial charge in [0.1, 0.15) is 5.82 Å². The Hall–Kier alpha value is -3.07. The Labute approximate surface area is 192 Å². The summed E-state index contributed by atoms with van der Waals surface area (Å²) >= 11 is 0. The topological polar surface area (TPSA) is 90.5 Å². The van der Waals surface area contributed by atoms with Gasteiger partial charge in [-0.25, -0.2) is 19.8 Å². The van der Waals surface area contributed by atoms with E-state index in [1.165, 1.54) is 6.07 Å². The molecule has 5 rings (SSSR count). The largest absolute Gasteiger partial charge is 0.337 e. The normalized spacial score (nSPS) is 25.4. The number of hydrazine groups is 1. The molecule has 9 heteroatoms. The minimum atomic E-state index is -0.502. The number of nitrogens with one attached hydrogen (secondary N) is 2. The maximum Gasteiger partial charge on any atom is 0.256 e. The molecule has 2 aliphatic heterocycles. The molecule has 0 spiro atoms. The number of hydrogen-bond acceptors (Lipinski definition) is 6. The number of carbonyl (C=O) groups is 2. The lowest BCUT2D eigenvalue weighted by atomic mass is 9.72. The molecule has 3 fully saturated rings. The van der Waals surface area contributed by atoms with Crippen molar-refractivity contribution in [3.63, 3.8) is 0 Å². The van der Waals surface area contributed by atoms with Crippen molar-refractivity contribution in [1.82, 2.24) is 25.7 Å². The molecule has 33 heavy (non-hydrogen) atoms. The smallest absolute Gasteiger partial charge is 0.256 e. The highest BCUT2D eigenvalue weighted by Gasteiger charge is 2.40. The summed E-state index contributed by atoms with van der Waals surface area (Å²) in [6.45, 7) is 2.18. The summed E-state index contributed by atoms with van der Waals surface area (Å²) in [6.07, 6.45) is 8.17. The summed E-state index contributed by atoms with van der Waals surface area (Å²) in [6, 6.07) is 6.66. The highest BCUT2D eigenvalue weighted by atomic mass is 19.1. The van der Waals surface area contributed by atoms with Gasteiger partial charge < -0.3 is 9.80 Å². The van der Waals surface area contributed by atoms with Gasteiger partial charge in [-0.2, -0.15) is 0 Å². The second-order valence-corrected chi connectivity index (χ2v) is 9.14. The first-order chi connectivity index (χ1) is 16.1. The van der Waals surface area contributed by atoms with Crippen LogP contribution in [0.15, 0.2) is 36.7 Å². The van der Waals surface area contributed by atoms with Crippen LogP contribution in [0.4, 0.5) is 10.3 Å². The third-order valence-corrected chi connectivity index (χ3v) is 7.17. The molecule has 2 amide bonds. The zero-order valence-corrected chi connectivity index (χ0v) is 18.5. The number of fused-ring (bicyclic) bond motifs is 1. The summed E-state index contributed by atoms with van der Waals surface area (Å²) in [4.78, 5) is 37.6. The van der Waals surface area contributed by atoms with Crippen LogP contribution >= 0.6 is 0 Å². The van der Waals surface area contributed by atoms with Crippen LogP contribution in [-0.4, -0.2) is 58.9 Å². The van der Waals surface area contributed by atoms with Gasteiger partial charge in [-0.3, -0.25) is 15.0 Å². The van der Waals surface area contributed by atoms with Gasteiger partial charge in [0.05, 0.1) is 5.56 Å². The average molecular weight is 453 g/mol. The lowest BCUT2D eigenvalue weighted by Gasteiger charge is -2.41. The molecular weight excluding hydrogens is 423 g/mol. The van der Waals surface area contributed by atoms with Crippen LogP contribution in [0, 0.1) is 17.7 Å². The van der Waals surface area contributed by atoms with Crippen LogP contribution in [0.1, 0.15) is 41.6 Å². The van der Waals surface area contributed by atoms with Gasteiger partial charge in [0.2, 0.25) is 11.9 Å². The fourth-order valence-corrected chi connectivity index (χ4v) is 5.38. The monoisotopic (exact) mass is 452 g/mol. The van der Waals surface area contributed by atoms with E-state index in [1.54, 1.807) is 35.5 Å². The fourth-order valence-electron chi connectivity index (χ4n) is 5.38. The quantitative estimate of drug-likeness (QED) is 0.737. The van der Waals surface area contributed by atoms with Gasteiger partial charge in [-0.1, -0.05) is 18.9 Å². The molecule has 1 aliphatic carbocycles. The van der Waals surface area contributed by atoms with Gasteiger partial charge in [0, 0.05) is 50.5 Å². The molecule has 2 N–H and O–H groups in total. The van der Waals surface area contributed by atoms with Crippen LogP contribution in [0.3, 0.4) is 0 Å². The zero-order valence-electron chi connectivity index (χ0n) is 18.5. The van der Waals surface area contributed by atoms with Crippen LogP contribution in [0.2, 0.25) is 0 Å². The fraction of sp³-hybridized carbons (Fsp3) is 0.500. The summed E-state index contributed by atoms with van der Waals surface area (Å²) in [7, 11) is 0. The van der Waals surface area contributed by atoms with Crippen molar-refractivity contribution in [3.05, 3.63) is 53.6 Å². The Bertz CT molecular complexity index is 1010. The Kier molecular flexibility index (Phi) is 6.22. The van der Waals surface area contributed by atoms with Crippen molar-refractivity contribution < 1.29 is 14.0 Å². The molecule has 0 bridgehead atoms. The standard InChI is InChI=1S/C24H29FN6O2/c25-20-7-6-16(15-21-17-4-1-2-5-18(17)22(32)29-28-21)14-19(20)23(33)30-10-12-31(13-11-30)24-26-8-3-9-27-24/h3,6-9,14,17-18,21,28H,1-2,4-5,10-13,15H2,(H,29,32).